The maximum absolute atomic E-state index is 11.5. The molecular formula is C11H11N3O2. The van der Waals surface area contributed by atoms with Crippen LogP contribution in [0, 0.1) is 0 Å². The fourth-order valence-electron chi connectivity index (χ4n) is 1.97. The molecule has 1 amide bonds. The van der Waals surface area contributed by atoms with E-state index in [1.165, 1.54) is 0 Å². The molecule has 2 aromatic heterocycles. The summed E-state index contributed by atoms with van der Waals surface area (Å²) in [4.78, 5) is 18.9. The van der Waals surface area contributed by atoms with E-state index in [9.17, 15) is 4.79 Å². The molecule has 5 heteroatoms. The van der Waals surface area contributed by atoms with E-state index in [1.54, 1.807) is 13.1 Å². The maximum atomic E-state index is 11.5. The molecule has 2 N–H and O–H groups in total. The number of aromatic nitrogens is 2. The Balaban J connectivity index is 2.21. The smallest absolute Gasteiger partial charge is 0.267 e. The van der Waals surface area contributed by atoms with Crippen molar-refractivity contribution >= 4 is 16.9 Å². The number of pyridine rings is 1. The molecule has 16 heavy (non-hydrogen) atoms. The average molecular weight is 217 g/mol. The lowest BCUT2D eigenvalue weighted by Crippen LogP contribution is -2.17. The predicted molar refractivity (Wildman–Crippen MR) is 58.0 cm³/mol. The molecule has 82 valence electrons. The number of aromatic amines is 1. The Hall–Kier alpha value is -1.88. The third kappa shape index (κ3) is 1.22. The van der Waals surface area contributed by atoms with Crippen LogP contribution in [-0.4, -0.2) is 22.9 Å². The first-order valence-electron chi connectivity index (χ1n) is 5.09. The van der Waals surface area contributed by atoms with Gasteiger partial charge in [0, 0.05) is 24.4 Å². The van der Waals surface area contributed by atoms with E-state index in [2.05, 4.69) is 15.3 Å². The molecule has 0 unspecified atom stereocenters. The SMILES string of the molecule is CNC(=O)c1cc2ncc3c(c2[nH]1)COC3. The first-order chi connectivity index (χ1) is 7.79. The van der Waals surface area contributed by atoms with Crippen LogP contribution in [0.15, 0.2) is 12.3 Å². The maximum Gasteiger partial charge on any atom is 0.267 e. The molecule has 5 nitrogen and oxygen atoms in total. The van der Waals surface area contributed by atoms with Gasteiger partial charge < -0.3 is 15.0 Å². The van der Waals surface area contributed by atoms with Crippen LogP contribution in [-0.2, 0) is 18.0 Å². The highest BCUT2D eigenvalue weighted by atomic mass is 16.5. The number of fused-ring (bicyclic) bond motifs is 3. The van der Waals surface area contributed by atoms with Crippen LogP contribution in [0.2, 0.25) is 0 Å². The molecule has 0 saturated heterocycles. The number of hydrogen-bond acceptors (Lipinski definition) is 3. The summed E-state index contributed by atoms with van der Waals surface area (Å²) in [7, 11) is 1.61. The highest BCUT2D eigenvalue weighted by Gasteiger charge is 2.18. The molecule has 0 aromatic carbocycles. The number of nitrogens with one attached hydrogen (secondary N) is 2. The van der Waals surface area contributed by atoms with Crippen molar-refractivity contribution < 1.29 is 9.53 Å². The van der Waals surface area contributed by atoms with E-state index in [1.807, 2.05) is 6.20 Å². The number of carbonyl (C=O) groups excluding carboxylic acids is 1. The van der Waals surface area contributed by atoms with Gasteiger partial charge in [-0.05, 0) is 6.07 Å². The Bertz CT molecular complexity index is 574. The summed E-state index contributed by atoms with van der Waals surface area (Å²) in [5.74, 6) is -0.134. The van der Waals surface area contributed by atoms with E-state index in [0.717, 1.165) is 22.2 Å². The van der Waals surface area contributed by atoms with Gasteiger partial charge in [0.2, 0.25) is 0 Å². The number of rotatable bonds is 1. The fraction of sp³-hybridized carbons (Fsp3) is 0.273. The van der Waals surface area contributed by atoms with Crippen LogP contribution >= 0.6 is 0 Å². The van der Waals surface area contributed by atoms with Crippen molar-refractivity contribution in [3.05, 3.63) is 29.1 Å². The van der Waals surface area contributed by atoms with E-state index in [-0.39, 0.29) is 5.91 Å². The van der Waals surface area contributed by atoms with Crippen LogP contribution in [0.3, 0.4) is 0 Å². The molecule has 1 aliphatic rings. The first kappa shape index (κ1) is 9.35. The minimum atomic E-state index is -0.134. The molecule has 3 heterocycles. The molecular weight excluding hydrogens is 206 g/mol. The van der Waals surface area contributed by atoms with E-state index >= 15 is 0 Å². The van der Waals surface area contributed by atoms with Gasteiger partial charge in [0.05, 0.1) is 24.2 Å². The molecule has 0 aliphatic carbocycles. The number of hydrogen-bond donors (Lipinski definition) is 2. The lowest BCUT2D eigenvalue weighted by molar-refractivity contribution is 0.0959. The lowest BCUT2D eigenvalue weighted by Gasteiger charge is -1.97. The van der Waals surface area contributed by atoms with Gasteiger partial charge in [-0.3, -0.25) is 9.78 Å². The third-order valence-electron chi connectivity index (χ3n) is 2.82. The molecule has 1 aliphatic heterocycles. The van der Waals surface area contributed by atoms with Crippen LogP contribution in [0.1, 0.15) is 21.6 Å². The van der Waals surface area contributed by atoms with E-state index in [0.29, 0.717) is 18.9 Å². The number of H-pyrrole nitrogens is 1. The summed E-state index contributed by atoms with van der Waals surface area (Å²) in [5.41, 5.74) is 4.46. The van der Waals surface area contributed by atoms with Gasteiger partial charge in [-0.15, -0.1) is 0 Å². The number of nitrogens with zero attached hydrogens (tertiary/aromatic N) is 1. The Kier molecular flexibility index (Phi) is 1.94. The minimum absolute atomic E-state index is 0.134. The molecule has 0 spiro atoms. The van der Waals surface area contributed by atoms with Crippen LogP contribution in [0.5, 0.6) is 0 Å². The number of amides is 1. The van der Waals surface area contributed by atoms with Gasteiger partial charge in [-0.25, -0.2) is 0 Å². The van der Waals surface area contributed by atoms with Crippen LogP contribution in [0.4, 0.5) is 0 Å². The van der Waals surface area contributed by atoms with Crippen LogP contribution in [0.25, 0.3) is 11.0 Å². The van der Waals surface area contributed by atoms with Gasteiger partial charge in [-0.2, -0.15) is 0 Å². The molecule has 0 saturated carbocycles. The second-order valence-electron chi connectivity index (χ2n) is 3.78. The molecule has 0 radical (unpaired) electrons. The number of carbonyl (C=O) groups is 1. The van der Waals surface area contributed by atoms with Crippen molar-refractivity contribution in [2.45, 2.75) is 13.2 Å². The largest absolute Gasteiger partial charge is 0.372 e. The van der Waals surface area contributed by atoms with Crippen molar-refractivity contribution in [2.24, 2.45) is 0 Å². The zero-order valence-electron chi connectivity index (χ0n) is 8.83. The topological polar surface area (TPSA) is 67.0 Å². The molecule has 3 rings (SSSR count). The summed E-state index contributed by atoms with van der Waals surface area (Å²) >= 11 is 0. The Morgan fingerprint density at radius 3 is 3.25 bits per heavy atom. The first-order valence-corrected chi connectivity index (χ1v) is 5.09. The molecule has 0 fully saturated rings. The minimum Gasteiger partial charge on any atom is -0.372 e. The monoisotopic (exact) mass is 217 g/mol. The van der Waals surface area contributed by atoms with Crippen molar-refractivity contribution in [3.8, 4) is 0 Å². The summed E-state index contributed by atoms with van der Waals surface area (Å²) < 4.78 is 5.36. The average Bonchev–Trinajstić information content (AvgIpc) is 2.92. The number of ether oxygens (including phenoxy) is 1. The second-order valence-corrected chi connectivity index (χ2v) is 3.78. The summed E-state index contributed by atoms with van der Waals surface area (Å²) in [5, 5.41) is 2.58. The van der Waals surface area contributed by atoms with Crippen LogP contribution < -0.4 is 5.32 Å². The Morgan fingerprint density at radius 2 is 2.44 bits per heavy atom. The zero-order valence-corrected chi connectivity index (χ0v) is 8.83. The Labute approximate surface area is 91.8 Å². The molecule has 0 atom stereocenters. The van der Waals surface area contributed by atoms with E-state index in [4.69, 9.17) is 4.74 Å². The van der Waals surface area contributed by atoms with Gasteiger partial charge in [0.15, 0.2) is 0 Å². The van der Waals surface area contributed by atoms with Gasteiger partial charge >= 0.3 is 0 Å². The van der Waals surface area contributed by atoms with Crippen molar-refractivity contribution in [1.82, 2.24) is 15.3 Å². The molecule has 2 aromatic rings. The van der Waals surface area contributed by atoms with Gasteiger partial charge in [0.25, 0.3) is 5.91 Å². The highest BCUT2D eigenvalue weighted by molar-refractivity contribution is 5.97. The highest BCUT2D eigenvalue weighted by Crippen LogP contribution is 2.26. The van der Waals surface area contributed by atoms with Crippen molar-refractivity contribution in [3.63, 3.8) is 0 Å². The standard InChI is InChI=1S/C11H11N3O2/c1-12-11(15)9-2-8-10(14-9)7-5-16-4-6(7)3-13-8/h2-3,14H,4-5H2,1H3,(H,12,15). The normalized spacial score (nSPS) is 14.1. The van der Waals surface area contributed by atoms with Gasteiger partial charge in [-0.1, -0.05) is 0 Å². The van der Waals surface area contributed by atoms with Gasteiger partial charge in [0.1, 0.15) is 5.69 Å². The third-order valence-corrected chi connectivity index (χ3v) is 2.82. The zero-order chi connectivity index (χ0) is 11.1. The Morgan fingerprint density at radius 1 is 1.56 bits per heavy atom. The van der Waals surface area contributed by atoms with Crippen molar-refractivity contribution in [1.29, 1.82) is 0 Å². The summed E-state index contributed by atoms with van der Waals surface area (Å²) in [6.07, 6.45) is 1.81. The quantitative estimate of drug-likeness (QED) is 0.747. The second kappa shape index (κ2) is 3.31. The van der Waals surface area contributed by atoms with Crippen molar-refractivity contribution in [2.75, 3.05) is 7.05 Å². The summed E-state index contributed by atoms with van der Waals surface area (Å²) in [6, 6.07) is 1.76. The lowest BCUT2D eigenvalue weighted by atomic mass is 10.1. The van der Waals surface area contributed by atoms with E-state index < -0.39 is 0 Å². The molecule has 0 bridgehead atoms. The fourth-order valence-corrected chi connectivity index (χ4v) is 1.97. The predicted octanol–water partition coefficient (Wildman–Crippen LogP) is 0.953. The summed E-state index contributed by atoms with van der Waals surface area (Å²) in [6.45, 7) is 1.19.